The summed E-state index contributed by atoms with van der Waals surface area (Å²) < 4.78 is 68.2. The summed E-state index contributed by atoms with van der Waals surface area (Å²) in [6, 6.07) is 0. The smallest absolute Gasteiger partial charge is 0.462 e. The van der Waals surface area contributed by atoms with E-state index in [1.165, 1.54) is 135 Å². The van der Waals surface area contributed by atoms with Crippen LogP contribution in [0.2, 0.25) is 0 Å². The first-order valence-corrected chi connectivity index (χ1v) is 38.7. The highest BCUT2D eigenvalue weighted by atomic mass is 31.2. The maximum atomic E-state index is 13.0. The van der Waals surface area contributed by atoms with E-state index in [1.807, 2.05) is 0 Å². The van der Waals surface area contributed by atoms with Crippen LogP contribution in [0.25, 0.3) is 0 Å². The molecule has 0 aliphatic rings. The number of rotatable bonds is 66. The van der Waals surface area contributed by atoms with Crippen LogP contribution in [0.1, 0.15) is 338 Å². The average molecular weight is 1300 g/mol. The Morgan fingerprint density at radius 2 is 0.545 bits per heavy atom. The number of carbonyl (C=O) groups is 4. The van der Waals surface area contributed by atoms with Crippen molar-refractivity contribution in [2.45, 2.75) is 356 Å². The molecule has 0 heterocycles. The highest BCUT2D eigenvalue weighted by Gasteiger charge is 2.30. The van der Waals surface area contributed by atoms with Crippen LogP contribution >= 0.6 is 15.6 Å². The van der Waals surface area contributed by atoms with Crippen molar-refractivity contribution in [3.8, 4) is 0 Å². The van der Waals surface area contributed by atoms with Gasteiger partial charge in [-0.2, -0.15) is 0 Å². The monoisotopic (exact) mass is 1300 g/mol. The molecule has 0 aromatic heterocycles. The molecule has 0 saturated heterocycles. The van der Waals surface area contributed by atoms with Crippen molar-refractivity contribution in [1.82, 2.24) is 0 Å². The minimum Gasteiger partial charge on any atom is -0.462 e. The number of phosphoric ester groups is 2. The van der Waals surface area contributed by atoms with E-state index in [4.69, 9.17) is 37.0 Å². The number of hydrogen-bond acceptors (Lipinski definition) is 15. The standard InChI is InChI=1S/C69H134O17P2/c1-9-62(8)48-40-32-26-28-34-42-50-67(72)80-56-64(85-68(73)51-43-35-24-20-16-12-14-18-22-30-38-46-60(4)5)57-83-87(75,76)81-53-63(70)54-82-88(77,78)84-58-65(86-69(74)52-44-36-27-25-31-39-47-61(6)7)55-79-66(71)49-41-33-23-19-15-11-10-13-17-21-29-37-45-59(2)3/h59-65,70H,9-58H2,1-8H3,(H,75,76)(H,77,78)/t62?,63-,64+,65+/m0/s1. The second-order valence-corrected chi connectivity index (χ2v) is 29.5. The Morgan fingerprint density at radius 1 is 0.318 bits per heavy atom. The zero-order valence-corrected chi connectivity index (χ0v) is 59.1. The fourth-order valence-electron chi connectivity index (χ4n) is 10.3. The average Bonchev–Trinajstić information content (AvgIpc) is 3.58. The van der Waals surface area contributed by atoms with Crippen LogP contribution in [0, 0.1) is 23.7 Å². The number of unbranched alkanes of at least 4 members (excludes halogenated alkanes) is 31. The maximum absolute atomic E-state index is 13.0. The van der Waals surface area contributed by atoms with Gasteiger partial charge in [-0.1, -0.05) is 287 Å². The Hall–Kier alpha value is -1.94. The van der Waals surface area contributed by atoms with Crippen molar-refractivity contribution in [2.24, 2.45) is 23.7 Å². The summed E-state index contributed by atoms with van der Waals surface area (Å²) in [5.74, 6) is 0.812. The molecule has 522 valence electrons. The molecule has 0 bridgehead atoms. The predicted molar refractivity (Wildman–Crippen MR) is 354 cm³/mol. The highest BCUT2D eigenvalue weighted by Crippen LogP contribution is 2.45. The van der Waals surface area contributed by atoms with Crippen LogP contribution < -0.4 is 0 Å². The fourth-order valence-corrected chi connectivity index (χ4v) is 11.9. The van der Waals surface area contributed by atoms with Gasteiger partial charge in [0.1, 0.15) is 19.3 Å². The molecule has 0 aliphatic carbocycles. The van der Waals surface area contributed by atoms with Gasteiger partial charge in [0, 0.05) is 25.7 Å². The van der Waals surface area contributed by atoms with E-state index in [9.17, 15) is 43.2 Å². The van der Waals surface area contributed by atoms with E-state index < -0.39 is 97.5 Å². The van der Waals surface area contributed by atoms with Crippen LogP contribution in [-0.2, 0) is 65.4 Å². The lowest BCUT2D eigenvalue weighted by Gasteiger charge is -2.21. The van der Waals surface area contributed by atoms with Gasteiger partial charge in [-0.05, 0) is 49.4 Å². The third-order valence-corrected chi connectivity index (χ3v) is 18.1. The summed E-state index contributed by atoms with van der Waals surface area (Å²) in [7, 11) is -9.90. The second-order valence-electron chi connectivity index (χ2n) is 26.6. The molecule has 6 atom stereocenters. The van der Waals surface area contributed by atoms with Crippen LogP contribution in [0.3, 0.4) is 0 Å². The van der Waals surface area contributed by atoms with Crippen LogP contribution in [0.15, 0.2) is 0 Å². The van der Waals surface area contributed by atoms with Gasteiger partial charge >= 0.3 is 39.5 Å². The van der Waals surface area contributed by atoms with Gasteiger partial charge in [0.25, 0.3) is 0 Å². The zero-order valence-electron chi connectivity index (χ0n) is 57.3. The molecule has 3 unspecified atom stereocenters. The summed E-state index contributed by atoms with van der Waals surface area (Å²) in [6.07, 6.45) is 40.5. The second kappa shape index (κ2) is 58.8. The Morgan fingerprint density at radius 3 is 0.807 bits per heavy atom. The van der Waals surface area contributed by atoms with E-state index in [2.05, 4.69) is 55.4 Å². The molecular formula is C69H134O17P2. The number of aliphatic hydroxyl groups is 1. The number of phosphoric acid groups is 2. The molecule has 19 heteroatoms. The zero-order chi connectivity index (χ0) is 65.4. The Labute approximate surface area is 537 Å². The largest absolute Gasteiger partial charge is 0.472 e. The SMILES string of the molecule is CCC(C)CCCCCCCCC(=O)OC[C@H](COP(=O)(O)OC[C@H](O)COP(=O)(O)OC[C@@H](COC(=O)CCCCCCCCCCCCCCC(C)C)OC(=O)CCCCCCCCC(C)C)OC(=O)CCCCCCCCCCCCCC(C)C. The van der Waals surface area contributed by atoms with Crippen molar-refractivity contribution in [3.05, 3.63) is 0 Å². The minimum absolute atomic E-state index is 0.102. The molecule has 0 amide bonds. The summed E-state index contributed by atoms with van der Waals surface area (Å²) in [5, 5.41) is 10.6. The van der Waals surface area contributed by atoms with E-state index >= 15 is 0 Å². The summed E-state index contributed by atoms with van der Waals surface area (Å²) in [5.41, 5.74) is 0. The van der Waals surface area contributed by atoms with E-state index in [0.717, 1.165) is 114 Å². The summed E-state index contributed by atoms with van der Waals surface area (Å²) in [4.78, 5) is 72.4. The molecule has 0 fully saturated rings. The van der Waals surface area contributed by atoms with Crippen molar-refractivity contribution < 1.29 is 80.2 Å². The van der Waals surface area contributed by atoms with Gasteiger partial charge in [0.2, 0.25) is 0 Å². The highest BCUT2D eigenvalue weighted by molar-refractivity contribution is 7.47. The first-order chi connectivity index (χ1) is 42.1. The molecule has 0 rings (SSSR count). The third kappa shape index (κ3) is 61.6. The molecule has 0 spiro atoms. The van der Waals surface area contributed by atoms with Gasteiger partial charge in [-0.25, -0.2) is 9.13 Å². The van der Waals surface area contributed by atoms with Crippen LogP contribution in [-0.4, -0.2) is 96.7 Å². The lowest BCUT2D eigenvalue weighted by Crippen LogP contribution is -2.30. The Kier molecular flexibility index (Phi) is 57.6. The van der Waals surface area contributed by atoms with Gasteiger partial charge < -0.3 is 33.8 Å². The number of hydrogen-bond donors (Lipinski definition) is 3. The summed E-state index contributed by atoms with van der Waals surface area (Å²) in [6.45, 7) is 14.0. The van der Waals surface area contributed by atoms with Gasteiger partial charge in [0.05, 0.1) is 26.4 Å². The minimum atomic E-state index is -4.95. The summed E-state index contributed by atoms with van der Waals surface area (Å²) >= 11 is 0. The topological polar surface area (TPSA) is 237 Å². The number of ether oxygens (including phenoxy) is 4. The quantitative estimate of drug-likeness (QED) is 0.0222. The van der Waals surface area contributed by atoms with E-state index in [1.54, 1.807) is 0 Å². The molecule has 88 heavy (non-hydrogen) atoms. The molecule has 0 aliphatic heterocycles. The normalized spacial score (nSPS) is 14.6. The number of esters is 4. The molecule has 17 nitrogen and oxygen atoms in total. The predicted octanol–water partition coefficient (Wildman–Crippen LogP) is 19.3. The van der Waals surface area contributed by atoms with Gasteiger partial charge in [-0.15, -0.1) is 0 Å². The molecular weight excluding hydrogens is 1160 g/mol. The molecule has 3 N–H and O–H groups in total. The van der Waals surface area contributed by atoms with Crippen molar-refractivity contribution in [2.75, 3.05) is 39.6 Å². The van der Waals surface area contributed by atoms with Crippen LogP contribution in [0.5, 0.6) is 0 Å². The number of carbonyl (C=O) groups excluding carboxylic acids is 4. The van der Waals surface area contributed by atoms with Crippen molar-refractivity contribution >= 4 is 39.5 Å². The Bertz CT molecular complexity index is 1750. The molecule has 0 aromatic rings. The van der Waals surface area contributed by atoms with Crippen LogP contribution in [0.4, 0.5) is 0 Å². The molecule has 0 radical (unpaired) electrons. The Balaban J connectivity index is 5.22. The van der Waals surface area contributed by atoms with Crippen molar-refractivity contribution in [1.29, 1.82) is 0 Å². The van der Waals surface area contributed by atoms with Gasteiger partial charge in [-0.3, -0.25) is 37.3 Å². The first-order valence-electron chi connectivity index (χ1n) is 35.7. The number of aliphatic hydroxyl groups excluding tert-OH is 1. The maximum Gasteiger partial charge on any atom is 0.472 e. The molecule has 0 aromatic carbocycles. The lowest BCUT2D eigenvalue weighted by molar-refractivity contribution is -0.161. The van der Waals surface area contributed by atoms with E-state index in [-0.39, 0.29) is 25.7 Å². The van der Waals surface area contributed by atoms with Crippen molar-refractivity contribution in [3.63, 3.8) is 0 Å². The van der Waals surface area contributed by atoms with Gasteiger partial charge in [0.15, 0.2) is 12.2 Å². The first kappa shape index (κ1) is 86.1. The lowest BCUT2D eigenvalue weighted by atomic mass is 10.00. The fraction of sp³-hybridized carbons (Fsp3) is 0.942. The molecule has 0 saturated carbocycles. The van der Waals surface area contributed by atoms with E-state index in [0.29, 0.717) is 31.6 Å². The third-order valence-electron chi connectivity index (χ3n) is 16.2.